The quantitative estimate of drug-likeness (QED) is 0.861. The first-order chi connectivity index (χ1) is 8.03. The molecular formula is C11H9F3N2O. The van der Waals surface area contributed by atoms with Crippen molar-refractivity contribution in [3.63, 3.8) is 0 Å². The van der Waals surface area contributed by atoms with Crippen molar-refractivity contribution in [3.8, 4) is 5.75 Å². The molecule has 0 aliphatic heterocycles. The van der Waals surface area contributed by atoms with Gasteiger partial charge in [0.05, 0.1) is 5.69 Å². The minimum Gasteiger partial charge on any atom is -0.406 e. The normalized spacial score (nSPS) is 11.2. The molecule has 0 spiro atoms. The lowest BCUT2D eigenvalue weighted by atomic mass is 10.3. The topological polar surface area (TPSA) is 37.0 Å². The number of benzene rings is 1. The highest BCUT2D eigenvalue weighted by Gasteiger charge is 2.30. The largest absolute Gasteiger partial charge is 0.573 e. The molecule has 1 heterocycles. The molecule has 0 saturated carbocycles. The molecule has 2 aromatic rings. The Bertz CT molecular complexity index is 462. The van der Waals surface area contributed by atoms with E-state index in [-0.39, 0.29) is 5.75 Å². The minimum atomic E-state index is -4.66. The van der Waals surface area contributed by atoms with Crippen molar-refractivity contribution in [3.05, 3.63) is 42.7 Å². The number of halogens is 3. The molecule has 0 aliphatic rings. The van der Waals surface area contributed by atoms with Gasteiger partial charge in [-0.1, -0.05) is 0 Å². The van der Waals surface area contributed by atoms with Gasteiger partial charge in [-0.15, -0.1) is 13.2 Å². The van der Waals surface area contributed by atoms with Crippen LogP contribution in [0.15, 0.2) is 42.7 Å². The SMILES string of the molecule is FC(F)(F)Oc1ccc(Nc2cc[nH]c2)cc1. The van der Waals surface area contributed by atoms with Crippen LogP contribution in [0.4, 0.5) is 24.5 Å². The lowest BCUT2D eigenvalue weighted by Crippen LogP contribution is -2.16. The number of anilines is 2. The average molecular weight is 242 g/mol. The third-order valence-electron chi connectivity index (χ3n) is 1.97. The number of hydrogen-bond acceptors (Lipinski definition) is 2. The summed E-state index contributed by atoms with van der Waals surface area (Å²) in [7, 11) is 0. The molecule has 1 aromatic heterocycles. The Balaban J connectivity index is 2.03. The van der Waals surface area contributed by atoms with Crippen LogP contribution >= 0.6 is 0 Å². The van der Waals surface area contributed by atoms with E-state index in [2.05, 4.69) is 15.0 Å². The molecule has 1 aromatic carbocycles. The van der Waals surface area contributed by atoms with Crippen molar-refractivity contribution >= 4 is 11.4 Å². The number of H-pyrrole nitrogens is 1. The third kappa shape index (κ3) is 3.44. The highest BCUT2D eigenvalue weighted by Crippen LogP contribution is 2.25. The molecule has 0 bridgehead atoms. The molecule has 0 unspecified atom stereocenters. The fourth-order valence-electron chi connectivity index (χ4n) is 1.31. The number of hydrogen-bond donors (Lipinski definition) is 2. The monoisotopic (exact) mass is 242 g/mol. The van der Waals surface area contributed by atoms with E-state index < -0.39 is 6.36 Å². The van der Waals surface area contributed by atoms with Crippen molar-refractivity contribution in [2.45, 2.75) is 6.36 Å². The maximum atomic E-state index is 11.9. The predicted molar refractivity (Wildman–Crippen MR) is 57.2 cm³/mol. The van der Waals surface area contributed by atoms with Gasteiger partial charge in [0.15, 0.2) is 0 Å². The molecule has 2 rings (SSSR count). The summed E-state index contributed by atoms with van der Waals surface area (Å²) < 4.78 is 39.5. The molecule has 6 heteroatoms. The lowest BCUT2D eigenvalue weighted by Gasteiger charge is -2.09. The van der Waals surface area contributed by atoms with E-state index in [1.165, 1.54) is 24.3 Å². The second-order valence-corrected chi connectivity index (χ2v) is 3.30. The first-order valence-corrected chi connectivity index (χ1v) is 4.78. The van der Waals surface area contributed by atoms with Gasteiger partial charge in [0.1, 0.15) is 5.75 Å². The van der Waals surface area contributed by atoms with Gasteiger partial charge in [-0.25, -0.2) is 0 Å². The number of aromatic nitrogens is 1. The summed E-state index contributed by atoms with van der Waals surface area (Å²) in [5.41, 5.74) is 1.51. The second kappa shape index (κ2) is 4.40. The zero-order valence-corrected chi connectivity index (χ0v) is 8.58. The van der Waals surface area contributed by atoms with Gasteiger partial charge in [0.25, 0.3) is 0 Å². The Kier molecular flexibility index (Phi) is 2.95. The molecule has 0 amide bonds. The van der Waals surface area contributed by atoms with Crippen LogP contribution in [0.1, 0.15) is 0 Å². The van der Waals surface area contributed by atoms with Crippen molar-refractivity contribution < 1.29 is 17.9 Å². The second-order valence-electron chi connectivity index (χ2n) is 3.30. The Labute approximate surface area is 95.2 Å². The molecule has 0 aliphatic carbocycles. The third-order valence-corrected chi connectivity index (χ3v) is 1.97. The van der Waals surface area contributed by atoms with Gasteiger partial charge in [0.2, 0.25) is 0 Å². The molecular weight excluding hydrogens is 233 g/mol. The minimum absolute atomic E-state index is 0.239. The van der Waals surface area contributed by atoms with E-state index in [0.29, 0.717) is 5.69 Å². The maximum absolute atomic E-state index is 11.9. The van der Waals surface area contributed by atoms with Crippen molar-refractivity contribution in [2.75, 3.05) is 5.32 Å². The molecule has 90 valence electrons. The van der Waals surface area contributed by atoms with Crippen LogP contribution in [0.2, 0.25) is 0 Å². The molecule has 0 radical (unpaired) electrons. The fourth-order valence-corrected chi connectivity index (χ4v) is 1.31. The zero-order chi connectivity index (χ0) is 12.3. The van der Waals surface area contributed by atoms with Crippen LogP contribution in [0.25, 0.3) is 0 Å². The van der Waals surface area contributed by atoms with E-state index >= 15 is 0 Å². The van der Waals surface area contributed by atoms with Crippen LogP contribution in [-0.4, -0.2) is 11.3 Å². The molecule has 17 heavy (non-hydrogen) atoms. The van der Waals surface area contributed by atoms with Gasteiger partial charge < -0.3 is 15.0 Å². The molecule has 3 nitrogen and oxygen atoms in total. The number of nitrogens with one attached hydrogen (secondary N) is 2. The number of rotatable bonds is 3. The molecule has 0 atom stereocenters. The summed E-state index contributed by atoms with van der Waals surface area (Å²) in [6.07, 6.45) is -1.18. The average Bonchev–Trinajstić information content (AvgIpc) is 2.71. The van der Waals surface area contributed by atoms with E-state index in [1.54, 1.807) is 18.5 Å². The van der Waals surface area contributed by atoms with Gasteiger partial charge in [0, 0.05) is 18.1 Å². The highest BCUT2D eigenvalue weighted by molar-refractivity contribution is 5.59. The fraction of sp³-hybridized carbons (Fsp3) is 0.0909. The van der Waals surface area contributed by atoms with Crippen molar-refractivity contribution in [1.82, 2.24) is 4.98 Å². The summed E-state index contributed by atoms with van der Waals surface area (Å²) in [4.78, 5) is 2.86. The van der Waals surface area contributed by atoms with Crippen molar-refractivity contribution in [2.24, 2.45) is 0 Å². The zero-order valence-electron chi connectivity index (χ0n) is 8.58. The van der Waals surface area contributed by atoms with Crippen LogP contribution in [0.3, 0.4) is 0 Å². The Morgan fingerprint density at radius 3 is 2.24 bits per heavy atom. The predicted octanol–water partition coefficient (Wildman–Crippen LogP) is 3.66. The Hall–Kier alpha value is -2.11. The van der Waals surface area contributed by atoms with Crippen LogP contribution in [0.5, 0.6) is 5.75 Å². The summed E-state index contributed by atoms with van der Waals surface area (Å²) in [5, 5.41) is 3.01. The van der Waals surface area contributed by atoms with Crippen molar-refractivity contribution in [1.29, 1.82) is 0 Å². The molecule has 2 N–H and O–H groups in total. The first kappa shape index (κ1) is 11.4. The number of alkyl halides is 3. The van der Waals surface area contributed by atoms with Crippen LogP contribution < -0.4 is 10.1 Å². The Morgan fingerprint density at radius 1 is 1.00 bits per heavy atom. The van der Waals surface area contributed by atoms with Gasteiger partial charge in [-0.2, -0.15) is 0 Å². The summed E-state index contributed by atoms with van der Waals surface area (Å²) in [5.74, 6) is -0.239. The number of ether oxygens (including phenoxy) is 1. The van der Waals surface area contributed by atoms with Gasteiger partial charge in [-0.3, -0.25) is 0 Å². The van der Waals surface area contributed by atoms with E-state index in [4.69, 9.17) is 0 Å². The maximum Gasteiger partial charge on any atom is 0.573 e. The summed E-state index contributed by atoms with van der Waals surface area (Å²) in [6.45, 7) is 0. The van der Waals surface area contributed by atoms with Gasteiger partial charge in [-0.05, 0) is 30.3 Å². The molecule has 0 fully saturated rings. The Morgan fingerprint density at radius 2 is 1.71 bits per heavy atom. The highest BCUT2D eigenvalue weighted by atomic mass is 19.4. The summed E-state index contributed by atoms with van der Waals surface area (Å²) >= 11 is 0. The lowest BCUT2D eigenvalue weighted by molar-refractivity contribution is -0.274. The van der Waals surface area contributed by atoms with E-state index in [9.17, 15) is 13.2 Å². The van der Waals surface area contributed by atoms with Gasteiger partial charge >= 0.3 is 6.36 Å². The molecule has 0 saturated heterocycles. The van der Waals surface area contributed by atoms with Crippen LogP contribution in [-0.2, 0) is 0 Å². The number of aromatic amines is 1. The van der Waals surface area contributed by atoms with Crippen LogP contribution in [0, 0.1) is 0 Å². The van der Waals surface area contributed by atoms with E-state index in [0.717, 1.165) is 5.69 Å². The summed E-state index contributed by atoms with van der Waals surface area (Å²) in [6, 6.07) is 7.33. The van der Waals surface area contributed by atoms with E-state index in [1.807, 2.05) is 0 Å². The first-order valence-electron chi connectivity index (χ1n) is 4.78. The standard InChI is InChI=1S/C11H9F3N2O/c12-11(13,14)17-10-3-1-8(2-4-10)16-9-5-6-15-7-9/h1-7,15-16H. The smallest absolute Gasteiger partial charge is 0.406 e.